The van der Waals surface area contributed by atoms with E-state index in [-0.39, 0.29) is 17.7 Å². The van der Waals surface area contributed by atoms with Crippen LogP contribution >= 0.6 is 11.3 Å². The lowest BCUT2D eigenvalue weighted by atomic mass is 9.96. The first-order valence-corrected chi connectivity index (χ1v) is 18.0. The highest BCUT2D eigenvalue weighted by Gasteiger charge is 2.29. The van der Waals surface area contributed by atoms with Gasteiger partial charge in [0.05, 0.1) is 7.11 Å². The number of amides is 1. The molecule has 1 aromatic heterocycles. The van der Waals surface area contributed by atoms with Crippen LogP contribution in [0.3, 0.4) is 0 Å². The van der Waals surface area contributed by atoms with Crippen LogP contribution in [0.2, 0.25) is 0 Å². The van der Waals surface area contributed by atoms with Crippen LogP contribution in [0.1, 0.15) is 59.7 Å². The van der Waals surface area contributed by atoms with Crippen LogP contribution < -0.4 is 14.2 Å². The second kappa shape index (κ2) is 14.8. The number of carbonyl (C=O) groups is 2. The first kappa shape index (κ1) is 32.9. The Morgan fingerprint density at radius 2 is 1.67 bits per heavy atom. The van der Waals surface area contributed by atoms with E-state index < -0.39 is 0 Å². The Hall–Kier alpha value is -4.66. The van der Waals surface area contributed by atoms with E-state index in [0.717, 1.165) is 69.2 Å². The number of nitrogens with zero attached hydrogens (tertiary/aromatic N) is 2. The number of benzene rings is 4. The molecule has 5 aromatic rings. The first-order valence-electron chi connectivity index (χ1n) is 17.2. The normalized spacial score (nSPS) is 16.4. The fourth-order valence-corrected chi connectivity index (χ4v) is 8.04. The van der Waals surface area contributed by atoms with Gasteiger partial charge in [-0.25, -0.2) is 0 Å². The van der Waals surface area contributed by atoms with Crippen molar-refractivity contribution in [1.82, 2.24) is 9.80 Å². The summed E-state index contributed by atoms with van der Waals surface area (Å²) >= 11 is 1.59. The first-order chi connectivity index (χ1) is 24.0. The van der Waals surface area contributed by atoms with Crippen molar-refractivity contribution in [3.05, 3.63) is 113 Å². The number of ether oxygens (including phenoxy) is 3. The highest BCUT2D eigenvalue weighted by molar-refractivity contribution is 7.22. The Labute approximate surface area is 292 Å². The summed E-state index contributed by atoms with van der Waals surface area (Å²) < 4.78 is 19.0. The number of carbonyl (C=O) groups excluding carboxylic acids is 2. The molecule has 2 saturated heterocycles. The van der Waals surface area contributed by atoms with E-state index in [1.54, 1.807) is 18.4 Å². The fraction of sp³-hybridized carbons (Fsp3) is 0.317. The third-order valence-corrected chi connectivity index (χ3v) is 10.8. The smallest absolute Gasteiger partial charge is 0.223 e. The second-order valence-electron chi connectivity index (χ2n) is 12.9. The van der Waals surface area contributed by atoms with Crippen molar-refractivity contribution >= 4 is 33.1 Å². The van der Waals surface area contributed by atoms with Gasteiger partial charge in [0.2, 0.25) is 5.91 Å². The van der Waals surface area contributed by atoms with Gasteiger partial charge in [0, 0.05) is 57.2 Å². The SMILES string of the molecule is COc1cc(C(=O)c2c(-c3ccc(OCCN4CCCC4)cc3)sc3cc(OCc4ccccc4)ccc23)ccc1CN1C(=O)CCC1C. The van der Waals surface area contributed by atoms with Crippen LogP contribution in [0.5, 0.6) is 17.2 Å². The van der Waals surface area contributed by atoms with Gasteiger partial charge in [0.15, 0.2) is 5.78 Å². The minimum atomic E-state index is -0.0828. The Morgan fingerprint density at radius 1 is 0.898 bits per heavy atom. The zero-order valence-electron chi connectivity index (χ0n) is 28.2. The predicted octanol–water partition coefficient (Wildman–Crippen LogP) is 8.37. The minimum absolute atomic E-state index is 0.0828. The minimum Gasteiger partial charge on any atom is -0.496 e. The predicted molar refractivity (Wildman–Crippen MR) is 195 cm³/mol. The molecule has 0 N–H and O–H groups in total. The molecule has 7 rings (SSSR count). The molecule has 49 heavy (non-hydrogen) atoms. The van der Waals surface area contributed by atoms with E-state index in [1.807, 2.05) is 95.9 Å². The number of likely N-dealkylation sites (tertiary alicyclic amines) is 2. The molecule has 1 unspecified atom stereocenters. The van der Waals surface area contributed by atoms with E-state index in [0.29, 0.717) is 43.1 Å². The monoisotopic (exact) mass is 674 g/mol. The summed E-state index contributed by atoms with van der Waals surface area (Å²) in [6.07, 6.45) is 3.96. The lowest BCUT2D eigenvalue weighted by Crippen LogP contribution is -2.30. The van der Waals surface area contributed by atoms with Crippen molar-refractivity contribution in [3.63, 3.8) is 0 Å². The van der Waals surface area contributed by atoms with Crippen LogP contribution in [0.15, 0.2) is 91.0 Å². The van der Waals surface area contributed by atoms with E-state index in [1.165, 1.54) is 12.8 Å². The molecule has 7 nitrogen and oxygen atoms in total. The topological polar surface area (TPSA) is 68.3 Å². The Morgan fingerprint density at radius 3 is 2.41 bits per heavy atom. The van der Waals surface area contributed by atoms with E-state index in [2.05, 4.69) is 11.8 Å². The number of rotatable bonds is 13. The molecule has 252 valence electrons. The summed E-state index contributed by atoms with van der Waals surface area (Å²) in [6, 6.07) is 29.9. The number of thiophene rings is 1. The average molecular weight is 675 g/mol. The Kier molecular flexibility index (Phi) is 9.96. The van der Waals surface area contributed by atoms with Crippen LogP contribution in [-0.2, 0) is 17.9 Å². The van der Waals surface area contributed by atoms with Gasteiger partial charge in [-0.3, -0.25) is 14.5 Å². The number of methoxy groups -OCH3 is 1. The molecule has 4 aromatic carbocycles. The number of fused-ring (bicyclic) bond motifs is 1. The summed E-state index contributed by atoms with van der Waals surface area (Å²) in [5.74, 6) is 2.24. The molecular weight excluding hydrogens is 633 g/mol. The third-order valence-electron chi connectivity index (χ3n) is 9.65. The molecule has 0 aliphatic carbocycles. The lowest BCUT2D eigenvalue weighted by molar-refractivity contribution is -0.129. The van der Waals surface area contributed by atoms with Gasteiger partial charge in [-0.05, 0) is 98.9 Å². The molecule has 0 saturated carbocycles. The molecule has 0 bridgehead atoms. The van der Waals surface area contributed by atoms with Gasteiger partial charge >= 0.3 is 0 Å². The fourth-order valence-electron chi connectivity index (χ4n) is 6.80. The maximum absolute atomic E-state index is 14.5. The van der Waals surface area contributed by atoms with Gasteiger partial charge in [-0.15, -0.1) is 11.3 Å². The van der Waals surface area contributed by atoms with Gasteiger partial charge in [0.1, 0.15) is 30.5 Å². The second-order valence-corrected chi connectivity index (χ2v) is 14.0. The molecule has 2 aliphatic rings. The molecular formula is C41H42N2O5S. The molecule has 3 heterocycles. The van der Waals surface area contributed by atoms with Crippen molar-refractivity contribution in [2.24, 2.45) is 0 Å². The summed E-state index contributed by atoms with van der Waals surface area (Å²) in [6.45, 7) is 6.88. The van der Waals surface area contributed by atoms with Gasteiger partial charge in [-0.1, -0.05) is 42.5 Å². The Bertz CT molecular complexity index is 1930. The summed E-state index contributed by atoms with van der Waals surface area (Å²) in [5.41, 5.74) is 4.11. The van der Waals surface area contributed by atoms with Crippen LogP contribution in [0.25, 0.3) is 20.5 Å². The van der Waals surface area contributed by atoms with E-state index in [9.17, 15) is 9.59 Å². The van der Waals surface area contributed by atoms with Crippen molar-refractivity contribution in [2.75, 3.05) is 33.4 Å². The van der Waals surface area contributed by atoms with Crippen LogP contribution in [0.4, 0.5) is 0 Å². The van der Waals surface area contributed by atoms with Gasteiger partial charge in [0.25, 0.3) is 0 Å². The van der Waals surface area contributed by atoms with Crippen molar-refractivity contribution in [2.45, 2.75) is 51.8 Å². The highest BCUT2D eigenvalue weighted by atomic mass is 32.1. The molecule has 0 spiro atoms. The summed E-state index contributed by atoms with van der Waals surface area (Å²) in [7, 11) is 1.61. The number of ketones is 1. The number of hydrogen-bond acceptors (Lipinski definition) is 7. The third kappa shape index (κ3) is 7.36. The molecule has 8 heteroatoms. The summed E-state index contributed by atoms with van der Waals surface area (Å²) in [4.78, 5) is 32.2. The average Bonchev–Trinajstić information content (AvgIpc) is 3.87. The zero-order chi connectivity index (χ0) is 33.7. The Balaban J connectivity index is 1.19. The van der Waals surface area contributed by atoms with Crippen molar-refractivity contribution in [3.8, 4) is 27.7 Å². The van der Waals surface area contributed by atoms with E-state index >= 15 is 0 Å². The molecule has 1 amide bonds. The maximum atomic E-state index is 14.5. The highest BCUT2D eigenvalue weighted by Crippen LogP contribution is 2.42. The van der Waals surface area contributed by atoms with Crippen LogP contribution in [-0.4, -0.2) is 60.9 Å². The lowest BCUT2D eigenvalue weighted by Gasteiger charge is -2.23. The maximum Gasteiger partial charge on any atom is 0.223 e. The van der Waals surface area contributed by atoms with Gasteiger partial charge < -0.3 is 19.1 Å². The van der Waals surface area contributed by atoms with Crippen molar-refractivity contribution < 1.29 is 23.8 Å². The quantitative estimate of drug-likeness (QED) is 0.117. The van der Waals surface area contributed by atoms with E-state index in [4.69, 9.17) is 14.2 Å². The molecule has 1 atom stereocenters. The molecule has 2 aliphatic heterocycles. The zero-order valence-corrected chi connectivity index (χ0v) is 29.0. The molecule has 0 radical (unpaired) electrons. The van der Waals surface area contributed by atoms with Gasteiger partial charge in [-0.2, -0.15) is 0 Å². The van der Waals surface area contributed by atoms with Crippen molar-refractivity contribution in [1.29, 1.82) is 0 Å². The largest absolute Gasteiger partial charge is 0.496 e. The van der Waals surface area contributed by atoms with Crippen LogP contribution in [0, 0.1) is 0 Å². The number of hydrogen-bond donors (Lipinski definition) is 0. The summed E-state index contributed by atoms with van der Waals surface area (Å²) in [5, 5.41) is 0.877. The standard InChI is InChI=1S/C41H42N2O5S/c1-28-10-19-38(44)43(28)26-32-12-11-31(24-36(32)46-2)40(45)39-35-18-17-34(48-27-29-8-4-3-5-9-29)25-37(35)49-41(39)30-13-15-33(16-14-30)47-23-22-42-20-6-7-21-42/h3-5,8-9,11-18,24-25,28H,6-7,10,19-23,26-27H2,1-2H3. The molecule has 2 fully saturated rings.